The third kappa shape index (κ3) is 4.51. The molecular weight excluding hydrogens is 250 g/mol. The zero-order valence-electron chi connectivity index (χ0n) is 12.3. The molecule has 1 aromatic heterocycles. The molecule has 0 aromatic carbocycles. The number of hydrogen-bond acceptors (Lipinski definition) is 3. The van der Waals surface area contributed by atoms with Crippen LogP contribution in [0.1, 0.15) is 62.2 Å². The van der Waals surface area contributed by atoms with Crippen LogP contribution in [0.15, 0.2) is 18.3 Å². The minimum atomic E-state index is 0.0240. The maximum atomic E-state index is 12.2. The third-order valence-corrected chi connectivity index (χ3v) is 3.80. The molecule has 20 heavy (non-hydrogen) atoms. The summed E-state index contributed by atoms with van der Waals surface area (Å²) in [5, 5.41) is 6.38. The first-order chi connectivity index (χ1) is 9.79. The van der Waals surface area contributed by atoms with E-state index in [1.165, 1.54) is 25.7 Å². The Bertz CT molecular complexity index is 427. The number of carbonyl (C=O) groups excluding carboxylic acids is 1. The molecule has 0 atom stereocenters. The Hall–Kier alpha value is -1.58. The van der Waals surface area contributed by atoms with Gasteiger partial charge in [0.05, 0.1) is 0 Å². The molecule has 1 aliphatic carbocycles. The van der Waals surface area contributed by atoms with Crippen LogP contribution in [0.2, 0.25) is 0 Å². The van der Waals surface area contributed by atoms with Crippen molar-refractivity contribution in [2.45, 2.75) is 57.9 Å². The molecule has 2 N–H and O–H groups in total. The standard InChI is InChI=1S/C16H25N3O/c1-2-3-6-10-17-15-12-13(9-11-18-15)16(20)19-14-7-4-5-8-14/h9,11-12,14H,2-8,10H2,1H3,(H,17,18)(H,19,20). The molecule has 2 rings (SSSR count). The highest BCUT2D eigenvalue weighted by Gasteiger charge is 2.18. The summed E-state index contributed by atoms with van der Waals surface area (Å²) in [6.45, 7) is 3.10. The van der Waals surface area contributed by atoms with Crippen molar-refractivity contribution < 1.29 is 4.79 Å². The topological polar surface area (TPSA) is 54.0 Å². The number of anilines is 1. The minimum Gasteiger partial charge on any atom is -0.370 e. The van der Waals surface area contributed by atoms with Crippen LogP contribution in [0, 0.1) is 0 Å². The van der Waals surface area contributed by atoms with E-state index in [4.69, 9.17) is 0 Å². The number of amides is 1. The van der Waals surface area contributed by atoms with Crippen molar-refractivity contribution in [2.75, 3.05) is 11.9 Å². The van der Waals surface area contributed by atoms with Crippen LogP contribution < -0.4 is 10.6 Å². The number of carbonyl (C=O) groups is 1. The molecule has 0 radical (unpaired) electrons. The first-order valence-corrected chi connectivity index (χ1v) is 7.80. The van der Waals surface area contributed by atoms with Crippen LogP contribution >= 0.6 is 0 Å². The van der Waals surface area contributed by atoms with Crippen LogP contribution in [-0.4, -0.2) is 23.5 Å². The summed E-state index contributed by atoms with van der Waals surface area (Å²) in [4.78, 5) is 16.4. The number of nitrogens with one attached hydrogen (secondary N) is 2. The highest BCUT2D eigenvalue weighted by molar-refractivity contribution is 5.95. The Morgan fingerprint density at radius 3 is 2.90 bits per heavy atom. The van der Waals surface area contributed by atoms with Crippen molar-refractivity contribution >= 4 is 11.7 Å². The van der Waals surface area contributed by atoms with Gasteiger partial charge in [0.15, 0.2) is 0 Å². The fourth-order valence-corrected chi connectivity index (χ4v) is 2.60. The summed E-state index contributed by atoms with van der Waals surface area (Å²) in [6.07, 6.45) is 9.94. The lowest BCUT2D eigenvalue weighted by molar-refractivity contribution is 0.0938. The van der Waals surface area contributed by atoms with Gasteiger partial charge in [0.1, 0.15) is 5.82 Å². The summed E-state index contributed by atoms with van der Waals surface area (Å²) in [6, 6.07) is 3.98. The second-order valence-electron chi connectivity index (χ2n) is 5.52. The SMILES string of the molecule is CCCCCNc1cc(C(=O)NC2CCCC2)ccn1. The predicted octanol–water partition coefficient (Wildman–Crippen LogP) is 3.36. The van der Waals surface area contributed by atoms with Gasteiger partial charge < -0.3 is 10.6 Å². The second kappa shape index (κ2) is 7.88. The van der Waals surface area contributed by atoms with E-state index in [9.17, 15) is 4.79 Å². The number of unbranched alkanes of at least 4 members (excludes halogenated alkanes) is 2. The normalized spacial score (nSPS) is 15.2. The Morgan fingerprint density at radius 2 is 2.15 bits per heavy atom. The van der Waals surface area contributed by atoms with Crippen LogP contribution in [0.3, 0.4) is 0 Å². The zero-order valence-corrected chi connectivity index (χ0v) is 12.3. The van der Waals surface area contributed by atoms with Gasteiger partial charge in [-0.3, -0.25) is 4.79 Å². The summed E-state index contributed by atoms with van der Waals surface area (Å²) in [5.41, 5.74) is 0.699. The van der Waals surface area contributed by atoms with Crippen molar-refractivity contribution in [1.29, 1.82) is 0 Å². The molecule has 1 aliphatic rings. The Morgan fingerprint density at radius 1 is 1.35 bits per heavy atom. The van der Waals surface area contributed by atoms with Gasteiger partial charge in [-0.25, -0.2) is 4.98 Å². The van der Waals surface area contributed by atoms with E-state index < -0.39 is 0 Å². The Labute approximate surface area is 121 Å². The first-order valence-electron chi connectivity index (χ1n) is 7.80. The van der Waals surface area contributed by atoms with Crippen molar-refractivity contribution in [3.05, 3.63) is 23.9 Å². The average Bonchev–Trinajstić information content (AvgIpc) is 2.97. The van der Waals surface area contributed by atoms with Gasteiger partial charge in [-0.15, -0.1) is 0 Å². The molecule has 0 bridgehead atoms. The average molecular weight is 275 g/mol. The number of aromatic nitrogens is 1. The molecule has 0 aliphatic heterocycles. The molecule has 1 fully saturated rings. The highest BCUT2D eigenvalue weighted by Crippen LogP contribution is 2.18. The lowest BCUT2D eigenvalue weighted by Gasteiger charge is -2.12. The quantitative estimate of drug-likeness (QED) is 0.750. The molecular formula is C16H25N3O. The maximum absolute atomic E-state index is 12.2. The lowest BCUT2D eigenvalue weighted by atomic mass is 10.2. The van der Waals surface area contributed by atoms with Gasteiger partial charge in [0.25, 0.3) is 5.91 Å². The van der Waals surface area contributed by atoms with Gasteiger partial charge in [-0.2, -0.15) is 0 Å². The molecule has 1 amide bonds. The van der Waals surface area contributed by atoms with E-state index in [1.807, 2.05) is 6.07 Å². The fraction of sp³-hybridized carbons (Fsp3) is 0.625. The number of pyridine rings is 1. The molecule has 0 spiro atoms. The molecule has 0 saturated heterocycles. The summed E-state index contributed by atoms with van der Waals surface area (Å²) < 4.78 is 0. The number of nitrogens with zero attached hydrogens (tertiary/aromatic N) is 1. The van der Waals surface area contributed by atoms with E-state index >= 15 is 0 Å². The molecule has 1 heterocycles. The Balaban J connectivity index is 1.85. The lowest BCUT2D eigenvalue weighted by Crippen LogP contribution is -2.32. The van der Waals surface area contributed by atoms with E-state index in [2.05, 4.69) is 22.5 Å². The van der Waals surface area contributed by atoms with Crippen LogP contribution in [-0.2, 0) is 0 Å². The minimum absolute atomic E-state index is 0.0240. The number of hydrogen-bond donors (Lipinski definition) is 2. The largest absolute Gasteiger partial charge is 0.370 e. The van der Waals surface area contributed by atoms with Crippen molar-refractivity contribution in [3.63, 3.8) is 0 Å². The van der Waals surface area contributed by atoms with Crippen molar-refractivity contribution in [1.82, 2.24) is 10.3 Å². The van der Waals surface area contributed by atoms with E-state index in [0.29, 0.717) is 11.6 Å². The van der Waals surface area contributed by atoms with Crippen molar-refractivity contribution in [3.8, 4) is 0 Å². The summed E-state index contributed by atoms with van der Waals surface area (Å²) in [5.74, 6) is 0.816. The van der Waals surface area contributed by atoms with Crippen LogP contribution in [0.25, 0.3) is 0 Å². The maximum Gasteiger partial charge on any atom is 0.251 e. The summed E-state index contributed by atoms with van der Waals surface area (Å²) >= 11 is 0. The van der Waals surface area contributed by atoms with Gasteiger partial charge in [-0.1, -0.05) is 32.6 Å². The predicted molar refractivity (Wildman–Crippen MR) is 82.0 cm³/mol. The van der Waals surface area contributed by atoms with E-state index in [0.717, 1.165) is 31.6 Å². The smallest absolute Gasteiger partial charge is 0.251 e. The van der Waals surface area contributed by atoms with Crippen LogP contribution in [0.4, 0.5) is 5.82 Å². The molecule has 1 saturated carbocycles. The Kier molecular flexibility index (Phi) is 5.84. The molecule has 110 valence electrons. The summed E-state index contributed by atoms with van der Waals surface area (Å²) in [7, 11) is 0. The van der Waals surface area contributed by atoms with Gasteiger partial charge >= 0.3 is 0 Å². The number of rotatable bonds is 7. The molecule has 4 heteroatoms. The second-order valence-corrected chi connectivity index (χ2v) is 5.52. The zero-order chi connectivity index (χ0) is 14.2. The molecule has 0 unspecified atom stereocenters. The van der Waals surface area contributed by atoms with Gasteiger partial charge in [0, 0.05) is 24.3 Å². The van der Waals surface area contributed by atoms with Gasteiger partial charge in [-0.05, 0) is 31.4 Å². The molecule has 4 nitrogen and oxygen atoms in total. The van der Waals surface area contributed by atoms with Gasteiger partial charge in [0.2, 0.25) is 0 Å². The highest BCUT2D eigenvalue weighted by atomic mass is 16.1. The van der Waals surface area contributed by atoms with Crippen LogP contribution in [0.5, 0.6) is 0 Å². The monoisotopic (exact) mass is 275 g/mol. The van der Waals surface area contributed by atoms with Crippen molar-refractivity contribution in [2.24, 2.45) is 0 Å². The van der Waals surface area contributed by atoms with E-state index in [-0.39, 0.29) is 5.91 Å². The van der Waals surface area contributed by atoms with E-state index in [1.54, 1.807) is 12.3 Å². The third-order valence-electron chi connectivity index (χ3n) is 3.80. The first kappa shape index (κ1) is 14.8. The molecule has 1 aromatic rings. The fourth-order valence-electron chi connectivity index (χ4n) is 2.60.